The van der Waals surface area contributed by atoms with E-state index in [2.05, 4.69) is 0 Å². The van der Waals surface area contributed by atoms with Crippen molar-refractivity contribution >= 4 is 0 Å². The topological polar surface area (TPSA) is 20.2 Å². The van der Waals surface area contributed by atoms with E-state index in [1.165, 1.54) is 6.92 Å². The SMILES string of the molecule is CC.Cc1cc(F)cc(C(F)(F)CO)c1. The maximum atomic E-state index is 12.8. The van der Waals surface area contributed by atoms with Crippen LogP contribution in [-0.4, -0.2) is 11.7 Å². The molecule has 1 N–H and O–H groups in total. The highest BCUT2D eigenvalue weighted by molar-refractivity contribution is 5.27. The van der Waals surface area contributed by atoms with Gasteiger partial charge in [-0.1, -0.05) is 13.8 Å². The predicted octanol–water partition coefficient (Wildman–Crippen LogP) is 3.24. The molecule has 0 aliphatic heterocycles. The molecule has 1 aromatic carbocycles. The fourth-order valence-electron chi connectivity index (χ4n) is 1.04. The molecule has 0 spiro atoms. The van der Waals surface area contributed by atoms with Crippen LogP contribution in [0.4, 0.5) is 13.2 Å². The van der Waals surface area contributed by atoms with Crippen molar-refractivity contribution in [2.45, 2.75) is 26.7 Å². The summed E-state index contributed by atoms with van der Waals surface area (Å²) in [5.41, 5.74) is -0.0874. The van der Waals surface area contributed by atoms with Crippen molar-refractivity contribution in [3.63, 3.8) is 0 Å². The van der Waals surface area contributed by atoms with Gasteiger partial charge in [0.1, 0.15) is 12.4 Å². The quantitative estimate of drug-likeness (QED) is 0.811. The molecular weight excluding hydrogens is 205 g/mol. The Kier molecular flexibility index (Phi) is 5.36. The zero-order valence-electron chi connectivity index (χ0n) is 9.02. The summed E-state index contributed by atoms with van der Waals surface area (Å²) in [5, 5.41) is 8.36. The molecule has 0 amide bonds. The fraction of sp³-hybridized carbons (Fsp3) is 0.455. The van der Waals surface area contributed by atoms with Crippen molar-refractivity contribution in [1.82, 2.24) is 0 Å². The van der Waals surface area contributed by atoms with Crippen molar-refractivity contribution < 1.29 is 18.3 Å². The Morgan fingerprint density at radius 1 is 1.20 bits per heavy atom. The first-order chi connectivity index (χ1) is 6.95. The van der Waals surface area contributed by atoms with Crippen LogP contribution >= 0.6 is 0 Å². The highest BCUT2D eigenvalue weighted by Gasteiger charge is 2.30. The van der Waals surface area contributed by atoms with Crippen molar-refractivity contribution in [3.8, 4) is 0 Å². The van der Waals surface area contributed by atoms with Crippen LogP contribution in [0.1, 0.15) is 25.0 Å². The Labute approximate surface area is 87.6 Å². The van der Waals surface area contributed by atoms with Gasteiger partial charge in [-0.15, -0.1) is 0 Å². The molecule has 4 heteroatoms. The van der Waals surface area contributed by atoms with E-state index in [0.29, 0.717) is 5.56 Å². The van der Waals surface area contributed by atoms with E-state index in [0.717, 1.165) is 18.2 Å². The summed E-state index contributed by atoms with van der Waals surface area (Å²) in [6.45, 7) is 4.20. The number of hydrogen-bond donors (Lipinski definition) is 1. The molecule has 1 aromatic rings. The minimum absolute atomic E-state index is 0.406. The maximum Gasteiger partial charge on any atom is 0.295 e. The van der Waals surface area contributed by atoms with Gasteiger partial charge in [0.25, 0.3) is 5.92 Å². The van der Waals surface area contributed by atoms with Crippen LogP contribution in [0.15, 0.2) is 18.2 Å². The molecule has 0 aliphatic rings. The lowest BCUT2D eigenvalue weighted by molar-refractivity contribution is -0.0558. The number of hydrogen-bond acceptors (Lipinski definition) is 1. The number of aliphatic hydroxyl groups excluding tert-OH is 1. The molecule has 0 unspecified atom stereocenters. The number of aliphatic hydroxyl groups is 1. The molecule has 0 heterocycles. The van der Waals surface area contributed by atoms with E-state index < -0.39 is 23.9 Å². The summed E-state index contributed by atoms with van der Waals surface area (Å²) in [7, 11) is 0. The average molecular weight is 220 g/mol. The first kappa shape index (κ1) is 14.0. The number of alkyl halides is 2. The Morgan fingerprint density at radius 2 is 1.73 bits per heavy atom. The summed E-state index contributed by atoms with van der Waals surface area (Å²) < 4.78 is 38.3. The molecule has 86 valence electrons. The second-order valence-corrected chi connectivity index (χ2v) is 2.88. The lowest BCUT2D eigenvalue weighted by atomic mass is 10.1. The zero-order valence-corrected chi connectivity index (χ0v) is 9.02. The fourth-order valence-corrected chi connectivity index (χ4v) is 1.04. The van der Waals surface area contributed by atoms with Crippen LogP contribution in [0.25, 0.3) is 0 Å². The first-order valence-corrected chi connectivity index (χ1v) is 4.72. The van der Waals surface area contributed by atoms with Gasteiger partial charge >= 0.3 is 0 Å². The third-order valence-electron chi connectivity index (χ3n) is 1.66. The Hall–Kier alpha value is -1.03. The van der Waals surface area contributed by atoms with Crippen LogP contribution in [0.5, 0.6) is 0 Å². The predicted molar refractivity (Wildman–Crippen MR) is 53.5 cm³/mol. The van der Waals surface area contributed by atoms with E-state index in [9.17, 15) is 13.2 Å². The molecule has 0 aromatic heterocycles. The molecule has 0 saturated heterocycles. The first-order valence-electron chi connectivity index (χ1n) is 4.72. The van der Waals surface area contributed by atoms with Crippen molar-refractivity contribution in [3.05, 3.63) is 35.1 Å². The number of rotatable bonds is 2. The van der Waals surface area contributed by atoms with Crippen LogP contribution in [0.2, 0.25) is 0 Å². The smallest absolute Gasteiger partial charge is 0.295 e. The third kappa shape index (κ3) is 3.91. The second kappa shape index (κ2) is 5.75. The van der Waals surface area contributed by atoms with E-state index in [1.807, 2.05) is 13.8 Å². The van der Waals surface area contributed by atoms with Gasteiger partial charge in [0, 0.05) is 5.56 Å². The van der Waals surface area contributed by atoms with Crippen LogP contribution in [0.3, 0.4) is 0 Å². The maximum absolute atomic E-state index is 12.8. The minimum Gasteiger partial charge on any atom is -0.390 e. The van der Waals surface area contributed by atoms with Crippen LogP contribution in [-0.2, 0) is 5.92 Å². The Morgan fingerprint density at radius 3 is 2.13 bits per heavy atom. The summed E-state index contributed by atoms with van der Waals surface area (Å²) in [6.07, 6.45) is 0. The number of benzene rings is 1. The van der Waals surface area contributed by atoms with Crippen molar-refractivity contribution in [2.75, 3.05) is 6.61 Å². The summed E-state index contributed by atoms with van der Waals surface area (Å²) in [6, 6.07) is 3.03. The molecule has 0 fully saturated rings. The van der Waals surface area contributed by atoms with Gasteiger partial charge in [0.05, 0.1) is 0 Å². The standard InChI is InChI=1S/C9H9F3O.C2H6/c1-6-2-7(4-8(10)3-6)9(11,12)5-13;1-2/h2-4,13H,5H2,1H3;1-2H3. The zero-order chi connectivity index (χ0) is 12.1. The molecule has 1 rings (SSSR count). The normalized spacial score (nSPS) is 10.6. The van der Waals surface area contributed by atoms with Gasteiger partial charge < -0.3 is 5.11 Å². The summed E-state index contributed by atoms with van der Waals surface area (Å²) in [5.74, 6) is -4.09. The third-order valence-corrected chi connectivity index (χ3v) is 1.66. The van der Waals surface area contributed by atoms with Gasteiger partial charge in [-0.25, -0.2) is 4.39 Å². The minimum atomic E-state index is -3.37. The summed E-state index contributed by atoms with van der Waals surface area (Å²) >= 11 is 0. The molecule has 0 aliphatic carbocycles. The Balaban J connectivity index is 0.000000921. The summed E-state index contributed by atoms with van der Waals surface area (Å²) in [4.78, 5) is 0. The molecule has 0 bridgehead atoms. The van der Waals surface area contributed by atoms with Crippen molar-refractivity contribution in [1.29, 1.82) is 0 Å². The number of aryl methyl sites for hydroxylation is 1. The monoisotopic (exact) mass is 220 g/mol. The van der Waals surface area contributed by atoms with E-state index in [1.54, 1.807) is 0 Å². The van der Waals surface area contributed by atoms with Crippen LogP contribution < -0.4 is 0 Å². The highest BCUT2D eigenvalue weighted by Crippen LogP contribution is 2.28. The lowest BCUT2D eigenvalue weighted by Crippen LogP contribution is -2.18. The second-order valence-electron chi connectivity index (χ2n) is 2.88. The largest absolute Gasteiger partial charge is 0.390 e. The lowest BCUT2D eigenvalue weighted by Gasteiger charge is -2.13. The van der Waals surface area contributed by atoms with Gasteiger partial charge in [-0.2, -0.15) is 8.78 Å². The average Bonchev–Trinajstić information content (AvgIpc) is 2.19. The molecule has 0 radical (unpaired) electrons. The van der Waals surface area contributed by atoms with Crippen LogP contribution in [0, 0.1) is 12.7 Å². The van der Waals surface area contributed by atoms with Gasteiger partial charge in [0.2, 0.25) is 0 Å². The van der Waals surface area contributed by atoms with E-state index >= 15 is 0 Å². The number of halogens is 3. The van der Waals surface area contributed by atoms with Crippen molar-refractivity contribution in [2.24, 2.45) is 0 Å². The van der Waals surface area contributed by atoms with E-state index in [4.69, 9.17) is 5.11 Å². The van der Waals surface area contributed by atoms with Gasteiger partial charge in [-0.05, 0) is 30.7 Å². The molecule has 1 nitrogen and oxygen atoms in total. The molecule has 15 heavy (non-hydrogen) atoms. The van der Waals surface area contributed by atoms with Gasteiger partial charge in [-0.3, -0.25) is 0 Å². The van der Waals surface area contributed by atoms with E-state index in [-0.39, 0.29) is 0 Å². The molecular formula is C11H15F3O. The molecule has 0 atom stereocenters. The Bertz CT molecular complexity index is 290. The van der Waals surface area contributed by atoms with Gasteiger partial charge in [0.15, 0.2) is 0 Å². The highest BCUT2D eigenvalue weighted by atomic mass is 19.3. The molecule has 0 saturated carbocycles.